The van der Waals surface area contributed by atoms with E-state index < -0.39 is 17.5 Å². The number of carbonyl (C=O) groups excluding carboxylic acids is 1. The van der Waals surface area contributed by atoms with E-state index in [9.17, 15) is 18.0 Å². The Morgan fingerprint density at radius 1 is 1.17 bits per heavy atom. The topological polar surface area (TPSA) is 67.3 Å². The number of nitrogens with zero attached hydrogens (tertiary/aromatic N) is 4. The van der Waals surface area contributed by atoms with Crippen molar-refractivity contribution in [3.05, 3.63) is 64.7 Å². The molecule has 0 N–H and O–H groups in total. The number of morpholine rings is 1. The maximum absolute atomic E-state index is 13.1. The molecule has 3 aliphatic heterocycles. The van der Waals surface area contributed by atoms with Crippen molar-refractivity contribution in [2.24, 2.45) is 5.16 Å². The molecule has 1 saturated heterocycles. The van der Waals surface area contributed by atoms with Gasteiger partial charge in [-0.25, -0.2) is 0 Å². The van der Waals surface area contributed by atoms with E-state index in [-0.39, 0.29) is 11.5 Å². The minimum atomic E-state index is -4.41. The van der Waals surface area contributed by atoms with Crippen molar-refractivity contribution in [2.45, 2.75) is 57.0 Å². The van der Waals surface area contributed by atoms with Crippen molar-refractivity contribution in [1.82, 2.24) is 9.88 Å². The molecule has 1 atom stereocenters. The van der Waals surface area contributed by atoms with Crippen LogP contribution in [-0.4, -0.2) is 40.3 Å². The Hall–Kier alpha value is -3.56. The lowest BCUT2D eigenvalue weighted by atomic mass is 9.99. The second-order valence-corrected chi connectivity index (χ2v) is 9.79. The normalized spacial score (nSPS) is 24.8. The monoisotopic (exact) mass is 498 g/mol. The molecule has 1 aliphatic carbocycles. The zero-order chi connectivity index (χ0) is 25.3. The molecule has 1 aromatic heterocycles. The molecule has 10 heteroatoms. The van der Waals surface area contributed by atoms with Gasteiger partial charge in [-0.1, -0.05) is 24.2 Å². The number of carbonyl (C=O) groups is 1. The van der Waals surface area contributed by atoms with Crippen molar-refractivity contribution >= 4 is 23.5 Å². The molecule has 0 radical (unpaired) electrons. The standard InChI is InChI=1S/C26H25F3N4O3/c1-3-22(34)32-13-10-19-20(32)9-8-18(30-19)14-21-23-31-36-24(2,33(23)15-25(35-21)11-12-25)16-4-6-17(7-5-16)26(27,28)29/h4-9,14H,3,10-13,15H2,1-2H3. The number of ether oxygens (including phenoxy) is 1. The van der Waals surface area contributed by atoms with Gasteiger partial charge in [-0.2, -0.15) is 13.2 Å². The Kier molecular flexibility index (Phi) is 4.90. The van der Waals surface area contributed by atoms with Gasteiger partial charge < -0.3 is 19.4 Å². The van der Waals surface area contributed by atoms with Gasteiger partial charge in [0.25, 0.3) is 0 Å². The number of amides is 1. The molecule has 2 fully saturated rings. The van der Waals surface area contributed by atoms with E-state index in [2.05, 4.69) is 5.16 Å². The largest absolute Gasteiger partial charge is 0.481 e. The third kappa shape index (κ3) is 3.61. The molecule has 1 unspecified atom stereocenters. The lowest BCUT2D eigenvalue weighted by Crippen LogP contribution is -2.53. The summed E-state index contributed by atoms with van der Waals surface area (Å²) in [5.74, 6) is 1.07. The van der Waals surface area contributed by atoms with Gasteiger partial charge in [-0.15, -0.1) is 0 Å². The van der Waals surface area contributed by atoms with E-state index in [1.807, 2.05) is 30.0 Å². The highest BCUT2D eigenvalue weighted by molar-refractivity contribution is 6.02. The Balaban J connectivity index is 1.31. The third-order valence-corrected chi connectivity index (χ3v) is 7.35. The molecule has 188 valence electrons. The average molecular weight is 499 g/mol. The number of alkyl halides is 3. The van der Waals surface area contributed by atoms with Gasteiger partial charge in [0.05, 0.1) is 29.2 Å². The highest BCUT2D eigenvalue weighted by atomic mass is 19.4. The van der Waals surface area contributed by atoms with Gasteiger partial charge in [0.15, 0.2) is 5.76 Å². The van der Waals surface area contributed by atoms with Crippen molar-refractivity contribution in [3.8, 4) is 0 Å². The van der Waals surface area contributed by atoms with Gasteiger partial charge in [0.2, 0.25) is 17.5 Å². The van der Waals surface area contributed by atoms with Crippen LogP contribution >= 0.6 is 0 Å². The molecule has 2 aromatic rings. The molecule has 1 aromatic carbocycles. The molecule has 4 aliphatic rings. The number of amidine groups is 1. The summed E-state index contributed by atoms with van der Waals surface area (Å²) in [6.45, 7) is 4.79. The fraction of sp³-hybridized carbons (Fsp3) is 0.423. The highest BCUT2D eigenvalue weighted by Crippen LogP contribution is 2.50. The summed E-state index contributed by atoms with van der Waals surface area (Å²) in [5.41, 5.74) is 0.791. The summed E-state index contributed by atoms with van der Waals surface area (Å²) in [7, 11) is 0. The summed E-state index contributed by atoms with van der Waals surface area (Å²) >= 11 is 0. The summed E-state index contributed by atoms with van der Waals surface area (Å²) in [5, 5.41) is 4.29. The van der Waals surface area contributed by atoms with Gasteiger partial charge in [0.1, 0.15) is 5.60 Å². The number of benzene rings is 1. The number of pyridine rings is 1. The summed E-state index contributed by atoms with van der Waals surface area (Å²) in [6.07, 6.45) is 0.261. The first-order chi connectivity index (χ1) is 17.1. The molecule has 4 heterocycles. The number of anilines is 1. The Morgan fingerprint density at radius 2 is 1.92 bits per heavy atom. The number of aromatic nitrogens is 1. The maximum Gasteiger partial charge on any atom is 0.416 e. The first-order valence-electron chi connectivity index (χ1n) is 12.0. The molecule has 0 bridgehead atoms. The number of rotatable bonds is 3. The zero-order valence-electron chi connectivity index (χ0n) is 19.9. The summed E-state index contributed by atoms with van der Waals surface area (Å²) < 4.78 is 45.6. The fourth-order valence-electron chi connectivity index (χ4n) is 5.05. The van der Waals surface area contributed by atoms with E-state index in [1.165, 1.54) is 12.1 Å². The second kappa shape index (κ2) is 7.72. The van der Waals surface area contributed by atoms with Crippen molar-refractivity contribution < 1.29 is 27.5 Å². The van der Waals surface area contributed by atoms with E-state index in [0.717, 1.165) is 36.4 Å². The molecule has 6 rings (SSSR count). The Bertz CT molecular complexity index is 1300. The molecule has 7 nitrogen and oxygen atoms in total. The Labute approximate surface area is 206 Å². The Morgan fingerprint density at radius 3 is 2.58 bits per heavy atom. The van der Waals surface area contributed by atoms with Crippen LogP contribution < -0.4 is 4.90 Å². The van der Waals surface area contributed by atoms with Crippen LogP contribution in [0.25, 0.3) is 6.08 Å². The van der Waals surface area contributed by atoms with Crippen LogP contribution in [-0.2, 0) is 32.7 Å². The lowest BCUT2D eigenvalue weighted by Gasteiger charge is -2.41. The number of hydrogen-bond acceptors (Lipinski definition) is 6. The number of fused-ring (bicyclic) bond motifs is 2. The number of halogens is 3. The van der Waals surface area contributed by atoms with Gasteiger partial charge >= 0.3 is 6.18 Å². The van der Waals surface area contributed by atoms with Crippen molar-refractivity contribution in [1.29, 1.82) is 0 Å². The van der Waals surface area contributed by atoms with E-state index in [4.69, 9.17) is 14.6 Å². The van der Waals surface area contributed by atoms with Crippen LogP contribution in [0.4, 0.5) is 18.9 Å². The molecular formula is C26H25F3N4O3. The van der Waals surface area contributed by atoms with E-state index >= 15 is 0 Å². The van der Waals surface area contributed by atoms with E-state index in [1.54, 1.807) is 11.8 Å². The first-order valence-corrected chi connectivity index (χ1v) is 12.0. The molecule has 1 spiro atoms. The van der Waals surface area contributed by atoms with Crippen LogP contribution in [0.3, 0.4) is 0 Å². The van der Waals surface area contributed by atoms with Crippen LogP contribution in [0.1, 0.15) is 55.6 Å². The van der Waals surface area contributed by atoms with Crippen molar-refractivity contribution in [3.63, 3.8) is 0 Å². The SMILES string of the molecule is CCC(=O)N1CCc2nc(C=C3OC4(CC4)CN4C3=NOC4(C)c3ccc(C(F)(F)F)cc3)ccc21. The minimum Gasteiger partial charge on any atom is -0.481 e. The van der Waals surface area contributed by atoms with Gasteiger partial charge in [-0.05, 0) is 37.1 Å². The van der Waals surface area contributed by atoms with Crippen LogP contribution in [0.5, 0.6) is 0 Å². The minimum absolute atomic E-state index is 0.0728. The summed E-state index contributed by atoms with van der Waals surface area (Å²) in [4.78, 5) is 26.5. The first kappa shape index (κ1) is 22.9. The van der Waals surface area contributed by atoms with Crippen molar-refractivity contribution in [2.75, 3.05) is 18.0 Å². The van der Waals surface area contributed by atoms with Gasteiger partial charge in [0, 0.05) is 37.9 Å². The van der Waals surface area contributed by atoms with Crippen LogP contribution in [0, 0.1) is 0 Å². The van der Waals surface area contributed by atoms with Gasteiger partial charge in [-0.3, -0.25) is 9.78 Å². The van der Waals surface area contributed by atoms with Crippen LogP contribution in [0.15, 0.2) is 47.3 Å². The molecule has 36 heavy (non-hydrogen) atoms. The maximum atomic E-state index is 13.1. The molecule has 1 saturated carbocycles. The lowest BCUT2D eigenvalue weighted by molar-refractivity contribution is -0.137. The average Bonchev–Trinajstić information content (AvgIpc) is 3.31. The predicted octanol–water partition coefficient (Wildman–Crippen LogP) is 4.82. The van der Waals surface area contributed by atoms with Crippen LogP contribution in [0.2, 0.25) is 0 Å². The summed E-state index contributed by atoms with van der Waals surface area (Å²) in [6, 6.07) is 8.75. The quantitative estimate of drug-likeness (QED) is 0.607. The third-order valence-electron chi connectivity index (χ3n) is 7.35. The predicted molar refractivity (Wildman–Crippen MR) is 126 cm³/mol. The second-order valence-electron chi connectivity index (χ2n) is 9.79. The molecule has 1 amide bonds. The highest BCUT2D eigenvalue weighted by Gasteiger charge is 2.58. The fourth-order valence-corrected chi connectivity index (χ4v) is 5.05. The number of oxime groups is 1. The van der Waals surface area contributed by atoms with E-state index in [0.29, 0.717) is 48.8 Å². The zero-order valence-corrected chi connectivity index (χ0v) is 19.9. The number of hydrogen-bond donors (Lipinski definition) is 0. The smallest absolute Gasteiger partial charge is 0.416 e. The molecular weight excluding hydrogens is 473 g/mol.